The normalized spacial score (nSPS) is 25.2. The molecule has 0 unspecified atom stereocenters. The Balaban J connectivity index is 0.000000129. The first-order chi connectivity index (χ1) is 45.8. The van der Waals surface area contributed by atoms with Crippen LogP contribution in [0.1, 0.15) is 85.5 Å². The smallest absolute Gasteiger partial charge is 0.258 e. The fourth-order valence-corrected chi connectivity index (χ4v) is 16.7. The Morgan fingerprint density at radius 3 is 1.08 bits per heavy atom. The van der Waals surface area contributed by atoms with E-state index in [2.05, 4.69) is 49.9 Å². The van der Waals surface area contributed by atoms with Crippen LogP contribution in [0.3, 0.4) is 0 Å². The van der Waals surface area contributed by atoms with Gasteiger partial charge in [-0.25, -0.2) is 0 Å². The third-order valence-electron chi connectivity index (χ3n) is 21.1. The lowest BCUT2D eigenvalue weighted by atomic mass is 9.81. The van der Waals surface area contributed by atoms with Crippen LogP contribution in [0.2, 0.25) is 0 Å². The number of imide groups is 3. The molecule has 18 nitrogen and oxygen atoms in total. The van der Waals surface area contributed by atoms with E-state index in [-0.39, 0.29) is 135 Å². The van der Waals surface area contributed by atoms with Gasteiger partial charge in [0.25, 0.3) is 17.7 Å². The van der Waals surface area contributed by atoms with E-state index in [0.717, 1.165) is 70.5 Å². The number of carbonyl (C=O) groups excluding carboxylic acids is 9. The Bertz CT molecular complexity index is 4540. The summed E-state index contributed by atoms with van der Waals surface area (Å²) in [5.41, 5.74) is 7.16. The molecule has 2 N–H and O–H groups in total. The Morgan fingerprint density at radius 2 is 0.701 bits per heavy atom. The summed E-state index contributed by atoms with van der Waals surface area (Å²) in [5, 5.41) is 8.66. The Morgan fingerprint density at radius 1 is 0.381 bits per heavy atom. The zero-order valence-electron chi connectivity index (χ0n) is 50.9. The van der Waals surface area contributed by atoms with E-state index < -0.39 is 0 Å². The molecule has 9 aromatic rings. The first kappa shape index (κ1) is 64.6. The molecule has 6 heterocycles. The van der Waals surface area contributed by atoms with Crippen LogP contribution in [-0.4, -0.2) is 75.2 Å². The molecule has 18 rings (SSSR count). The highest BCUT2D eigenvalue weighted by Crippen LogP contribution is 2.57. The largest absolute Gasteiger partial charge is 0.320 e. The van der Waals surface area contributed by atoms with Crippen molar-refractivity contribution in [1.29, 1.82) is 0 Å². The summed E-state index contributed by atoms with van der Waals surface area (Å²) in [5.74, 6) is -1.13. The molecule has 12 atom stereocenters. The van der Waals surface area contributed by atoms with Gasteiger partial charge in [0, 0.05) is 58.5 Å². The van der Waals surface area contributed by atoms with Crippen molar-refractivity contribution in [3.05, 3.63) is 223 Å². The van der Waals surface area contributed by atoms with Gasteiger partial charge in [-0.2, -0.15) is 0 Å². The van der Waals surface area contributed by atoms with Gasteiger partial charge in [0.05, 0.1) is 86.2 Å². The van der Waals surface area contributed by atoms with Crippen LogP contribution in [-0.2, 0) is 28.8 Å². The predicted molar refractivity (Wildman–Crippen MR) is 374 cm³/mol. The summed E-state index contributed by atoms with van der Waals surface area (Å²) >= 11 is 0. The minimum absolute atomic E-state index is 0. The fraction of sp³-hybridized carbons (Fsp3) is 0.266. The second-order valence-electron chi connectivity index (χ2n) is 25.9. The number of fused-ring (bicyclic) bond motifs is 18. The van der Waals surface area contributed by atoms with E-state index in [1.807, 2.05) is 91.0 Å². The van der Waals surface area contributed by atoms with Crippen molar-refractivity contribution >= 4 is 120 Å². The number of nitrogens with zero attached hydrogens (tertiary/aromatic N) is 7. The maximum Gasteiger partial charge on any atom is 0.258 e. The monoisotopic (exact) mass is 1290 g/mol. The van der Waals surface area contributed by atoms with Crippen LogP contribution in [0.15, 0.2) is 207 Å². The Kier molecular flexibility index (Phi) is 17.0. The van der Waals surface area contributed by atoms with Gasteiger partial charge in [-0.1, -0.05) is 101 Å². The molecule has 6 aromatic carbocycles. The third kappa shape index (κ3) is 10.7. The van der Waals surface area contributed by atoms with E-state index in [1.54, 1.807) is 103 Å². The number of benzene rings is 6. The molecule has 3 saturated heterocycles. The average molecular weight is 1290 g/mol. The van der Waals surface area contributed by atoms with Crippen LogP contribution in [0.25, 0.3) is 32.7 Å². The third-order valence-corrected chi connectivity index (χ3v) is 21.1. The van der Waals surface area contributed by atoms with Crippen molar-refractivity contribution in [2.24, 2.45) is 71.0 Å². The zero-order chi connectivity index (χ0) is 64.2. The predicted octanol–water partition coefficient (Wildman–Crippen LogP) is 13.6. The second-order valence-corrected chi connectivity index (χ2v) is 25.9. The minimum Gasteiger partial charge on any atom is -0.320 e. The van der Waals surface area contributed by atoms with Crippen LogP contribution in [0, 0.1) is 71.0 Å². The summed E-state index contributed by atoms with van der Waals surface area (Å²) in [7, 11) is 1.72. The number of amides is 9. The number of allylic oxidation sites excluding steroid dienone is 4. The minimum atomic E-state index is -0.275. The number of rotatable bonds is 9. The molecule has 9 aliphatic rings. The topological polar surface area (TPSA) is 229 Å². The Labute approximate surface area is 561 Å². The summed E-state index contributed by atoms with van der Waals surface area (Å²) in [6.45, 7) is 0. The second kappa shape index (κ2) is 25.5. The molecule has 6 aliphatic carbocycles. The van der Waals surface area contributed by atoms with E-state index in [4.69, 9.17) is 0 Å². The molecule has 7 fully saturated rings. The van der Waals surface area contributed by atoms with Crippen LogP contribution in [0.5, 0.6) is 0 Å². The van der Waals surface area contributed by atoms with Gasteiger partial charge < -0.3 is 15.5 Å². The maximum absolute atomic E-state index is 13.1. The highest BCUT2D eigenvalue weighted by Gasteiger charge is 2.62. The number of nitrogens with one attached hydrogen (secondary N) is 2. The van der Waals surface area contributed by atoms with Crippen molar-refractivity contribution in [3.63, 3.8) is 0 Å². The molecule has 0 radical (unpaired) electrons. The van der Waals surface area contributed by atoms with Crippen molar-refractivity contribution in [2.75, 3.05) is 37.3 Å². The molecule has 3 aromatic heterocycles. The van der Waals surface area contributed by atoms with E-state index >= 15 is 0 Å². The number of anilines is 6. The molecule has 4 saturated carbocycles. The van der Waals surface area contributed by atoms with Crippen molar-refractivity contribution in [1.82, 2.24) is 15.0 Å². The standard InChI is InChI=1S/C26H21N3O3.C25H21N3O3.C25H19N3O3.3CH4/c1-28(20-6-2-4-15-5-3-13-27-23(15)20)24(30)16-9-11-19(12-10-16)29-25(31)21-17-7-8-18(14-17)22(21)26(29)32;2*29-23(27-19-5-1-3-14-4-2-12-26-22(14)19)15-8-10-18(11-9-15)28-24(30)20-16-6-7-17(13-16)21(20)25(28)31;;;/h2-13,17-18,21-22H,14H2,1H3;1-5,8-12,16-17,20-21H,6-7,13H2,(H,27,29);1-12,16-17,20-21H,13H2,(H,27,29);3*1H4/t17-,18+,21-,22+;16-,17+,20-,21+;16-,17+,20+,21-;;;. The molecule has 18 heteroatoms. The van der Waals surface area contributed by atoms with E-state index in [1.165, 1.54) is 14.7 Å². The number of para-hydroxylation sites is 3. The number of hydrogen-bond acceptors (Lipinski definition) is 12. The molecule has 0 spiro atoms. The molecule has 9 amide bonds. The lowest BCUT2D eigenvalue weighted by molar-refractivity contribution is -0.124. The van der Waals surface area contributed by atoms with Crippen LogP contribution < -0.4 is 30.2 Å². The maximum atomic E-state index is 13.1. The lowest BCUT2D eigenvalue weighted by Gasteiger charge is -2.20. The molecule has 488 valence electrons. The quantitative estimate of drug-likeness (QED) is 0.102. The molecule has 3 aliphatic heterocycles. The summed E-state index contributed by atoms with van der Waals surface area (Å²) in [6, 6.07) is 48.4. The SMILES string of the molecule is C.C.C.CN(C(=O)c1ccc(N2C(=O)[C@@H]3[C@H](C2=O)[C@@H]2C=C[C@H]3C2)cc1)c1cccc2cccnc12.O=C(Nc1cccc2cccnc12)c1ccc(N2C(=O)[C@@H]3[C@@H]4CC[C@@H](C4)[C@@H]3C2=O)cc1.O=C(Nc1cccc2cccnc12)c1ccc(N2C(=O)[C@@H]3[C@H](C2=O)[C@H]2C=C[C@@H]3C2)cc1. The van der Waals surface area contributed by atoms with Crippen molar-refractivity contribution in [3.8, 4) is 0 Å². The lowest BCUT2D eigenvalue weighted by Crippen LogP contribution is -2.33. The summed E-state index contributed by atoms with van der Waals surface area (Å²) in [4.78, 5) is 135. The highest BCUT2D eigenvalue weighted by molar-refractivity contribution is 6.25. The molecule has 97 heavy (non-hydrogen) atoms. The van der Waals surface area contributed by atoms with Gasteiger partial charge in [-0.3, -0.25) is 72.8 Å². The van der Waals surface area contributed by atoms with Gasteiger partial charge in [0.1, 0.15) is 0 Å². The van der Waals surface area contributed by atoms with Crippen LogP contribution >= 0.6 is 0 Å². The van der Waals surface area contributed by atoms with Crippen LogP contribution in [0.4, 0.5) is 34.1 Å². The van der Waals surface area contributed by atoms with Crippen molar-refractivity contribution in [2.45, 2.75) is 54.4 Å². The first-order valence-electron chi connectivity index (χ1n) is 32.0. The fourth-order valence-electron chi connectivity index (χ4n) is 16.7. The number of carbonyl (C=O) groups is 9. The number of pyridine rings is 3. The van der Waals surface area contributed by atoms with E-state index in [9.17, 15) is 43.2 Å². The van der Waals surface area contributed by atoms with Gasteiger partial charge in [0.2, 0.25) is 35.4 Å². The van der Waals surface area contributed by atoms with Gasteiger partial charge in [-0.05, 0) is 177 Å². The van der Waals surface area contributed by atoms with E-state index in [0.29, 0.717) is 57.0 Å². The zero-order valence-corrected chi connectivity index (χ0v) is 50.9. The first-order valence-corrected chi connectivity index (χ1v) is 32.0. The molecule has 6 bridgehead atoms. The molecular formula is C79H73N9O9. The van der Waals surface area contributed by atoms with Gasteiger partial charge in [0.15, 0.2) is 0 Å². The number of aromatic nitrogens is 3. The molecular weight excluding hydrogens is 1220 g/mol. The summed E-state index contributed by atoms with van der Waals surface area (Å²) < 4.78 is 0. The highest BCUT2D eigenvalue weighted by atomic mass is 16.2. The van der Waals surface area contributed by atoms with Crippen molar-refractivity contribution < 1.29 is 43.2 Å². The Hall–Kier alpha value is -11.1. The summed E-state index contributed by atoms with van der Waals surface area (Å²) in [6.07, 6.45) is 18.4. The van der Waals surface area contributed by atoms with Gasteiger partial charge in [-0.15, -0.1) is 0 Å². The van der Waals surface area contributed by atoms with Gasteiger partial charge >= 0.3 is 0 Å². The number of hydrogen-bond donors (Lipinski definition) is 2. The average Bonchev–Trinajstić information content (AvgIpc) is 1.58.